The van der Waals surface area contributed by atoms with Crippen molar-refractivity contribution < 1.29 is 9.18 Å². The lowest BCUT2D eigenvalue weighted by Crippen LogP contribution is -2.16. The number of aromatic nitrogens is 2. The summed E-state index contributed by atoms with van der Waals surface area (Å²) in [5, 5.41) is 5.90. The molecule has 0 saturated heterocycles. The molecule has 2 aromatic rings. The summed E-state index contributed by atoms with van der Waals surface area (Å²) in [7, 11) is 1.64. The fourth-order valence-corrected chi connectivity index (χ4v) is 2.17. The van der Waals surface area contributed by atoms with Crippen LogP contribution < -0.4 is 10.6 Å². The molecule has 110 valence electrons. The minimum atomic E-state index is -0.608. The van der Waals surface area contributed by atoms with Gasteiger partial charge in [0.15, 0.2) is 5.16 Å². The zero-order valence-corrected chi connectivity index (χ0v) is 12.8. The molecule has 0 aliphatic carbocycles. The number of anilines is 2. The molecule has 1 amide bonds. The maximum atomic E-state index is 13.7. The van der Waals surface area contributed by atoms with E-state index in [1.807, 2.05) is 6.26 Å². The van der Waals surface area contributed by atoms with E-state index in [1.165, 1.54) is 36.2 Å². The highest BCUT2D eigenvalue weighted by molar-refractivity contribution is 7.98. The Hall–Kier alpha value is -1.86. The first-order valence-corrected chi connectivity index (χ1v) is 7.51. The quantitative estimate of drug-likeness (QED) is 0.666. The predicted octanol–water partition coefficient (Wildman–Crippen LogP) is 3.29. The average molecular weight is 327 g/mol. The van der Waals surface area contributed by atoms with Crippen LogP contribution in [0.1, 0.15) is 10.4 Å². The van der Waals surface area contributed by atoms with Crippen molar-refractivity contribution in [1.29, 1.82) is 0 Å². The van der Waals surface area contributed by atoms with Gasteiger partial charge < -0.3 is 10.6 Å². The number of carbonyl (C=O) groups is 1. The van der Waals surface area contributed by atoms with Crippen LogP contribution in [0.3, 0.4) is 0 Å². The molecule has 21 heavy (non-hydrogen) atoms. The lowest BCUT2D eigenvalue weighted by atomic mass is 10.2. The van der Waals surface area contributed by atoms with Crippen molar-refractivity contribution in [1.82, 2.24) is 9.97 Å². The highest BCUT2D eigenvalue weighted by Crippen LogP contribution is 2.26. The molecule has 0 saturated carbocycles. The Kier molecular flexibility index (Phi) is 4.98. The molecule has 5 nitrogen and oxygen atoms in total. The Labute approximate surface area is 130 Å². The Morgan fingerprint density at radius 1 is 1.43 bits per heavy atom. The maximum absolute atomic E-state index is 13.7. The molecule has 2 rings (SSSR count). The third-order valence-corrected chi connectivity index (χ3v) is 3.51. The fraction of sp³-hybridized carbons (Fsp3) is 0.154. The Morgan fingerprint density at radius 3 is 2.81 bits per heavy atom. The second-order valence-corrected chi connectivity index (χ2v) is 5.10. The topological polar surface area (TPSA) is 66.9 Å². The van der Waals surface area contributed by atoms with Crippen LogP contribution in [-0.4, -0.2) is 29.2 Å². The third kappa shape index (κ3) is 3.43. The van der Waals surface area contributed by atoms with Gasteiger partial charge in [-0.3, -0.25) is 4.79 Å². The summed E-state index contributed by atoms with van der Waals surface area (Å²) >= 11 is 7.23. The second-order valence-electron chi connectivity index (χ2n) is 3.92. The van der Waals surface area contributed by atoms with Crippen LogP contribution in [-0.2, 0) is 0 Å². The number of thioether (sulfide) groups is 1. The molecule has 1 heterocycles. The van der Waals surface area contributed by atoms with Gasteiger partial charge >= 0.3 is 0 Å². The van der Waals surface area contributed by atoms with Crippen molar-refractivity contribution in [2.75, 3.05) is 23.9 Å². The average Bonchev–Trinajstić information content (AvgIpc) is 2.50. The SMILES string of the molecule is CNc1nc(SC)ncc1C(=O)Nc1c(F)cccc1Cl. The summed E-state index contributed by atoms with van der Waals surface area (Å²) in [4.78, 5) is 20.4. The van der Waals surface area contributed by atoms with E-state index in [4.69, 9.17) is 11.6 Å². The van der Waals surface area contributed by atoms with Crippen LogP contribution in [0.25, 0.3) is 0 Å². The fourth-order valence-electron chi connectivity index (χ4n) is 1.62. The summed E-state index contributed by atoms with van der Waals surface area (Å²) in [5.74, 6) is -0.790. The minimum absolute atomic E-state index is 0.0693. The van der Waals surface area contributed by atoms with Gasteiger partial charge in [-0.25, -0.2) is 14.4 Å². The summed E-state index contributed by atoms with van der Waals surface area (Å²) in [6.07, 6.45) is 3.21. The number of hydrogen-bond acceptors (Lipinski definition) is 5. The van der Waals surface area contributed by atoms with Crippen molar-refractivity contribution in [3.8, 4) is 0 Å². The molecule has 0 radical (unpaired) electrons. The van der Waals surface area contributed by atoms with E-state index >= 15 is 0 Å². The molecule has 0 atom stereocenters. The van der Waals surface area contributed by atoms with E-state index in [2.05, 4.69) is 20.6 Å². The van der Waals surface area contributed by atoms with E-state index < -0.39 is 11.7 Å². The smallest absolute Gasteiger partial charge is 0.261 e. The molecule has 0 unspecified atom stereocenters. The van der Waals surface area contributed by atoms with Crippen molar-refractivity contribution in [3.63, 3.8) is 0 Å². The first-order valence-electron chi connectivity index (χ1n) is 5.91. The molecule has 8 heteroatoms. The molecule has 0 aliphatic rings. The number of benzene rings is 1. The molecule has 2 N–H and O–H groups in total. The number of amides is 1. The number of para-hydroxylation sites is 1. The Bertz CT molecular complexity index is 663. The van der Waals surface area contributed by atoms with Gasteiger partial charge in [0.25, 0.3) is 5.91 Å². The Morgan fingerprint density at radius 2 is 2.19 bits per heavy atom. The number of rotatable bonds is 4. The van der Waals surface area contributed by atoms with E-state index in [0.717, 1.165) is 0 Å². The lowest BCUT2D eigenvalue weighted by Gasteiger charge is -2.11. The van der Waals surface area contributed by atoms with Gasteiger partial charge in [-0.2, -0.15) is 0 Å². The number of nitrogens with zero attached hydrogens (tertiary/aromatic N) is 2. The normalized spacial score (nSPS) is 10.3. The van der Waals surface area contributed by atoms with Gasteiger partial charge in [-0.1, -0.05) is 29.4 Å². The number of carbonyl (C=O) groups excluding carboxylic acids is 1. The van der Waals surface area contributed by atoms with Crippen LogP contribution >= 0.6 is 23.4 Å². The molecule has 0 spiro atoms. The number of halogens is 2. The van der Waals surface area contributed by atoms with E-state index in [-0.39, 0.29) is 16.3 Å². The van der Waals surface area contributed by atoms with Gasteiger partial charge in [0, 0.05) is 13.2 Å². The predicted molar refractivity (Wildman–Crippen MR) is 82.7 cm³/mol. The molecule has 1 aromatic carbocycles. The number of hydrogen-bond donors (Lipinski definition) is 2. The largest absolute Gasteiger partial charge is 0.372 e. The summed E-state index contributed by atoms with van der Waals surface area (Å²) in [5.41, 5.74) is 0.134. The highest BCUT2D eigenvalue weighted by atomic mass is 35.5. The van der Waals surface area contributed by atoms with E-state index in [9.17, 15) is 9.18 Å². The summed E-state index contributed by atoms with van der Waals surface area (Å²) < 4.78 is 13.7. The number of nitrogens with one attached hydrogen (secondary N) is 2. The summed E-state index contributed by atoms with van der Waals surface area (Å²) in [6.45, 7) is 0. The van der Waals surface area contributed by atoms with E-state index in [0.29, 0.717) is 11.0 Å². The molecule has 1 aromatic heterocycles. The molecule has 0 bridgehead atoms. The van der Waals surface area contributed by atoms with Crippen molar-refractivity contribution in [2.45, 2.75) is 5.16 Å². The molecular weight excluding hydrogens is 315 g/mol. The highest BCUT2D eigenvalue weighted by Gasteiger charge is 2.17. The van der Waals surface area contributed by atoms with Crippen molar-refractivity contribution >= 4 is 40.8 Å². The third-order valence-electron chi connectivity index (χ3n) is 2.63. The molecule has 0 fully saturated rings. The van der Waals surface area contributed by atoms with Crippen LogP contribution in [0.5, 0.6) is 0 Å². The molecule has 0 aliphatic heterocycles. The van der Waals surface area contributed by atoms with Gasteiger partial charge in [0.2, 0.25) is 0 Å². The minimum Gasteiger partial charge on any atom is -0.372 e. The lowest BCUT2D eigenvalue weighted by molar-refractivity contribution is 0.102. The second kappa shape index (κ2) is 6.73. The van der Waals surface area contributed by atoms with Crippen LogP contribution in [0, 0.1) is 5.82 Å². The van der Waals surface area contributed by atoms with Crippen LogP contribution in [0.15, 0.2) is 29.6 Å². The van der Waals surface area contributed by atoms with Crippen molar-refractivity contribution in [2.24, 2.45) is 0 Å². The zero-order valence-electron chi connectivity index (χ0n) is 11.3. The van der Waals surface area contributed by atoms with Gasteiger partial charge in [0.1, 0.15) is 17.2 Å². The first kappa shape index (κ1) is 15.5. The Balaban J connectivity index is 2.32. The summed E-state index contributed by atoms with van der Waals surface area (Å²) in [6, 6.07) is 4.17. The van der Waals surface area contributed by atoms with Crippen LogP contribution in [0.2, 0.25) is 5.02 Å². The molecular formula is C13H12ClFN4OS. The monoisotopic (exact) mass is 326 g/mol. The zero-order chi connectivity index (χ0) is 15.4. The van der Waals surface area contributed by atoms with Crippen LogP contribution in [0.4, 0.5) is 15.9 Å². The van der Waals surface area contributed by atoms with Gasteiger partial charge in [0.05, 0.1) is 10.7 Å². The van der Waals surface area contributed by atoms with Gasteiger partial charge in [-0.15, -0.1) is 0 Å². The first-order chi connectivity index (χ1) is 10.1. The van der Waals surface area contributed by atoms with E-state index in [1.54, 1.807) is 7.05 Å². The maximum Gasteiger partial charge on any atom is 0.261 e. The standard InChI is InChI=1S/C13H12ClFN4OS/c1-16-11-7(6-17-13(19-11)21-2)12(20)18-10-8(14)4-3-5-9(10)15/h3-6H,1-2H3,(H,18,20)(H,16,17,19). The van der Waals surface area contributed by atoms with Crippen molar-refractivity contribution in [3.05, 3.63) is 40.8 Å². The van der Waals surface area contributed by atoms with Gasteiger partial charge in [-0.05, 0) is 18.4 Å².